The highest BCUT2D eigenvalue weighted by Crippen LogP contribution is 2.36. The van der Waals surface area contributed by atoms with E-state index in [-0.39, 0.29) is 6.61 Å². The number of anilines is 1. The van der Waals surface area contributed by atoms with Gasteiger partial charge in [-0.15, -0.1) is 0 Å². The molecule has 0 bridgehead atoms. The molecule has 1 aromatic heterocycles. The molecule has 3 rings (SSSR count). The molecular formula is C18H24N2O3. The zero-order chi connectivity index (χ0) is 16.4. The van der Waals surface area contributed by atoms with Gasteiger partial charge in [-0.3, -0.25) is 0 Å². The second-order valence-electron chi connectivity index (χ2n) is 6.13. The number of rotatable bonds is 4. The second-order valence-corrected chi connectivity index (χ2v) is 6.13. The first-order chi connectivity index (χ1) is 11.2. The van der Waals surface area contributed by atoms with Gasteiger partial charge in [0.15, 0.2) is 0 Å². The molecular weight excluding hydrogens is 292 g/mol. The summed E-state index contributed by atoms with van der Waals surface area (Å²) in [6, 6.07) is 5.91. The SMILES string of the molecule is COc1ccc(OC)c2c(C)cc(N3CCCC(CO)C3)nc12. The van der Waals surface area contributed by atoms with Crippen LogP contribution in [0.15, 0.2) is 18.2 Å². The van der Waals surface area contributed by atoms with Crippen LogP contribution in [0.2, 0.25) is 0 Å². The van der Waals surface area contributed by atoms with E-state index in [2.05, 4.69) is 17.9 Å². The van der Waals surface area contributed by atoms with Crippen molar-refractivity contribution in [3.05, 3.63) is 23.8 Å². The predicted molar refractivity (Wildman–Crippen MR) is 91.6 cm³/mol. The van der Waals surface area contributed by atoms with Gasteiger partial charge in [-0.1, -0.05) is 0 Å². The van der Waals surface area contributed by atoms with Crippen LogP contribution in [0.5, 0.6) is 11.5 Å². The monoisotopic (exact) mass is 316 g/mol. The molecule has 1 N–H and O–H groups in total. The Morgan fingerprint density at radius 2 is 2.00 bits per heavy atom. The van der Waals surface area contributed by atoms with Gasteiger partial charge in [-0.25, -0.2) is 4.98 Å². The van der Waals surface area contributed by atoms with Crippen LogP contribution >= 0.6 is 0 Å². The number of hydrogen-bond acceptors (Lipinski definition) is 5. The largest absolute Gasteiger partial charge is 0.496 e. The number of nitrogens with zero attached hydrogens (tertiary/aromatic N) is 2. The van der Waals surface area contributed by atoms with Crippen LogP contribution in [0.1, 0.15) is 18.4 Å². The molecule has 5 nitrogen and oxygen atoms in total. The van der Waals surface area contributed by atoms with Gasteiger partial charge in [0.2, 0.25) is 0 Å². The van der Waals surface area contributed by atoms with Crippen molar-refractivity contribution in [3.8, 4) is 11.5 Å². The molecule has 1 atom stereocenters. The smallest absolute Gasteiger partial charge is 0.145 e. The van der Waals surface area contributed by atoms with Gasteiger partial charge in [0.25, 0.3) is 0 Å². The fourth-order valence-electron chi connectivity index (χ4n) is 3.38. The maximum absolute atomic E-state index is 9.45. The Balaban J connectivity index is 2.09. The Morgan fingerprint density at radius 1 is 1.26 bits per heavy atom. The van der Waals surface area contributed by atoms with Crippen LogP contribution in [0.3, 0.4) is 0 Å². The summed E-state index contributed by atoms with van der Waals surface area (Å²) >= 11 is 0. The molecule has 5 heteroatoms. The molecule has 0 radical (unpaired) electrons. The highest BCUT2D eigenvalue weighted by Gasteiger charge is 2.22. The van der Waals surface area contributed by atoms with E-state index in [9.17, 15) is 5.11 Å². The first-order valence-electron chi connectivity index (χ1n) is 8.06. The quantitative estimate of drug-likeness (QED) is 0.940. The number of benzene rings is 1. The molecule has 0 amide bonds. The summed E-state index contributed by atoms with van der Waals surface area (Å²) in [5.74, 6) is 2.83. The van der Waals surface area contributed by atoms with E-state index >= 15 is 0 Å². The van der Waals surface area contributed by atoms with Gasteiger partial charge in [-0.2, -0.15) is 0 Å². The predicted octanol–water partition coefficient (Wildman–Crippen LogP) is 2.77. The third-order valence-electron chi connectivity index (χ3n) is 4.61. The van der Waals surface area contributed by atoms with Crippen LogP contribution in [-0.4, -0.2) is 44.0 Å². The number of fused-ring (bicyclic) bond motifs is 1. The van der Waals surface area contributed by atoms with Gasteiger partial charge in [0.05, 0.1) is 14.2 Å². The van der Waals surface area contributed by atoms with Crippen LogP contribution in [0, 0.1) is 12.8 Å². The van der Waals surface area contributed by atoms with Crippen molar-refractivity contribution in [2.75, 3.05) is 38.8 Å². The lowest BCUT2D eigenvalue weighted by molar-refractivity contribution is 0.208. The van der Waals surface area contributed by atoms with Gasteiger partial charge in [0, 0.05) is 25.1 Å². The summed E-state index contributed by atoms with van der Waals surface area (Å²) in [4.78, 5) is 7.11. The van der Waals surface area contributed by atoms with Crippen molar-refractivity contribution >= 4 is 16.7 Å². The molecule has 1 fully saturated rings. The van der Waals surface area contributed by atoms with Crippen molar-refractivity contribution in [3.63, 3.8) is 0 Å². The number of aryl methyl sites for hydroxylation is 1. The molecule has 0 saturated carbocycles. The van der Waals surface area contributed by atoms with Crippen LogP contribution in [0.4, 0.5) is 5.82 Å². The van der Waals surface area contributed by atoms with E-state index < -0.39 is 0 Å². The zero-order valence-corrected chi connectivity index (χ0v) is 14.0. The average Bonchev–Trinajstić information content (AvgIpc) is 2.60. The maximum Gasteiger partial charge on any atom is 0.145 e. The van der Waals surface area contributed by atoms with Crippen LogP contribution in [-0.2, 0) is 0 Å². The van der Waals surface area contributed by atoms with E-state index in [0.717, 1.165) is 59.7 Å². The molecule has 1 aliphatic rings. The van der Waals surface area contributed by atoms with Gasteiger partial charge in [-0.05, 0) is 49.4 Å². The molecule has 1 saturated heterocycles. The third-order valence-corrected chi connectivity index (χ3v) is 4.61. The Bertz CT molecular complexity index is 702. The first-order valence-corrected chi connectivity index (χ1v) is 8.06. The fourth-order valence-corrected chi connectivity index (χ4v) is 3.38. The molecule has 23 heavy (non-hydrogen) atoms. The minimum atomic E-state index is 0.236. The molecule has 2 heterocycles. The van der Waals surface area contributed by atoms with E-state index in [1.165, 1.54) is 0 Å². The zero-order valence-electron chi connectivity index (χ0n) is 14.0. The number of aliphatic hydroxyl groups excluding tert-OH is 1. The Hall–Kier alpha value is -2.01. The lowest BCUT2D eigenvalue weighted by Gasteiger charge is -2.33. The first kappa shape index (κ1) is 15.9. The maximum atomic E-state index is 9.45. The highest BCUT2D eigenvalue weighted by atomic mass is 16.5. The summed E-state index contributed by atoms with van der Waals surface area (Å²) in [6.07, 6.45) is 2.16. The Labute approximate surface area is 136 Å². The summed E-state index contributed by atoms with van der Waals surface area (Å²) < 4.78 is 11.0. The minimum Gasteiger partial charge on any atom is -0.496 e. The van der Waals surface area contributed by atoms with Crippen LogP contribution < -0.4 is 14.4 Å². The standard InChI is InChI=1S/C18H24N2O3/c1-12-9-16(20-8-4-5-13(10-20)11-21)19-18-15(23-3)7-6-14(22-2)17(12)18/h6-7,9,13,21H,4-5,8,10-11H2,1-3H3. The molecule has 0 aliphatic carbocycles. The lowest BCUT2D eigenvalue weighted by atomic mass is 9.99. The number of ether oxygens (including phenoxy) is 2. The third kappa shape index (κ3) is 2.93. The van der Waals surface area contributed by atoms with E-state index in [1.54, 1.807) is 14.2 Å². The van der Waals surface area contributed by atoms with Crippen molar-refractivity contribution in [1.82, 2.24) is 4.98 Å². The summed E-state index contributed by atoms with van der Waals surface area (Å²) in [6.45, 7) is 4.13. The highest BCUT2D eigenvalue weighted by molar-refractivity contribution is 5.94. The number of piperidine rings is 1. The Morgan fingerprint density at radius 3 is 2.70 bits per heavy atom. The number of aliphatic hydroxyl groups is 1. The van der Waals surface area contributed by atoms with Gasteiger partial charge >= 0.3 is 0 Å². The molecule has 2 aromatic rings. The molecule has 0 spiro atoms. The van der Waals surface area contributed by atoms with Crippen molar-refractivity contribution < 1.29 is 14.6 Å². The Kier molecular flexibility index (Phi) is 4.57. The minimum absolute atomic E-state index is 0.236. The lowest BCUT2D eigenvalue weighted by Crippen LogP contribution is -2.37. The summed E-state index contributed by atoms with van der Waals surface area (Å²) in [5.41, 5.74) is 1.94. The van der Waals surface area contributed by atoms with Crippen molar-refractivity contribution in [2.24, 2.45) is 5.92 Å². The second kappa shape index (κ2) is 6.62. The topological polar surface area (TPSA) is 54.8 Å². The molecule has 1 aliphatic heterocycles. The normalized spacial score (nSPS) is 18.3. The van der Waals surface area contributed by atoms with E-state index in [4.69, 9.17) is 14.5 Å². The van der Waals surface area contributed by atoms with Gasteiger partial charge in [0.1, 0.15) is 22.8 Å². The van der Waals surface area contributed by atoms with Gasteiger partial charge < -0.3 is 19.5 Å². The molecule has 1 aromatic carbocycles. The van der Waals surface area contributed by atoms with Crippen LogP contribution in [0.25, 0.3) is 10.9 Å². The van der Waals surface area contributed by atoms with E-state index in [1.807, 2.05) is 12.1 Å². The summed E-state index contributed by atoms with van der Waals surface area (Å²) in [7, 11) is 3.33. The molecule has 124 valence electrons. The average molecular weight is 316 g/mol. The number of methoxy groups -OCH3 is 2. The summed E-state index contributed by atoms with van der Waals surface area (Å²) in [5, 5.41) is 10.4. The number of hydrogen-bond donors (Lipinski definition) is 1. The number of aromatic nitrogens is 1. The number of pyridine rings is 1. The van der Waals surface area contributed by atoms with Crippen molar-refractivity contribution in [1.29, 1.82) is 0 Å². The van der Waals surface area contributed by atoms with E-state index in [0.29, 0.717) is 5.92 Å². The van der Waals surface area contributed by atoms with Crippen molar-refractivity contribution in [2.45, 2.75) is 19.8 Å². The fraction of sp³-hybridized carbons (Fsp3) is 0.500. The molecule has 1 unspecified atom stereocenters.